The zero-order chi connectivity index (χ0) is 18.6. The van der Waals surface area contributed by atoms with Crippen LogP contribution in [-0.2, 0) is 16.1 Å². The van der Waals surface area contributed by atoms with Gasteiger partial charge in [0.05, 0.1) is 6.61 Å². The first-order chi connectivity index (χ1) is 12.7. The number of carbonyl (C=O) groups excluding carboxylic acids is 1. The molecule has 152 valence electrons. The van der Waals surface area contributed by atoms with E-state index in [2.05, 4.69) is 49.7 Å². The molecule has 0 unspecified atom stereocenters. The number of carbonyl (C=O) groups is 1. The highest BCUT2D eigenvalue weighted by Gasteiger charge is 2.19. The van der Waals surface area contributed by atoms with Crippen molar-refractivity contribution < 1.29 is 9.53 Å². The van der Waals surface area contributed by atoms with Crippen LogP contribution in [0.4, 0.5) is 0 Å². The second-order valence-corrected chi connectivity index (χ2v) is 6.26. The van der Waals surface area contributed by atoms with Crippen molar-refractivity contribution in [3.8, 4) is 0 Å². The smallest absolute Gasteiger partial charge is 0.241 e. The summed E-state index contributed by atoms with van der Waals surface area (Å²) in [6.45, 7) is 8.75. The lowest BCUT2D eigenvalue weighted by Crippen LogP contribution is -2.52. The van der Waals surface area contributed by atoms with Crippen molar-refractivity contribution in [2.24, 2.45) is 4.99 Å². The Bertz CT molecular complexity index is 562. The van der Waals surface area contributed by atoms with E-state index < -0.39 is 0 Å². The van der Waals surface area contributed by atoms with Crippen molar-refractivity contribution in [1.29, 1.82) is 0 Å². The van der Waals surface area contributed by atoms with Crippen molar-refractivity contribution in [2.45, 2.75) is 13.5 Å². The first-order valence-corrected chi connectivity index (χ1v) is 9.28. The van der Waals surface area contributed by atoms with E-state index in [4.69, 9.17) is 4.74 Å². The zero-order valence-electron chi connectivity index (χ0n) is 16.3. The van der Waals surface area contributed by atoms with Crippen LogP contribution < -0.4 is 10.6 Å². The van der Waals surface area contributed by atoms with E-state index in [1.54, 1.807) is 7.11 Å². The average molecular weight is 489 g/mol. The van der Waals surface area contributed by atoms with Gasteiger partial charge < -0.3 is 20.3 Å². The minimum absolute atomic E-state index is 0. The number of rotatable bonds is 8. The number of halogens is 1. The van der Waals surface area contributed by atoms with Crippen LogP contribution in [0.25, 0.3) is 0 Å². The predicted molar refractivity (Wildman–Crippen MR) is 120 cm³/mol. The monoisotopic (exact) mass is 489 g/mol. The standard InChI is InChI=1S/C19H31N5O2.HI/c1-3-20-19(22-15-18(25)21-9-14-26-2)24-12-10-23(11-13-24)16-17-7-5-4-6-8-17;/h4-8H,3,9-16H2,1-2H3,(H,20,22)(H,21,25);1H. The van der Waals surface area contributed by atoms with Gasteiger partial charge in [-0.1, -0.05) is 30.3 Å². The van der Waals surface area contributed by atoms with Gasteiger partial charge in [-0.05, 0) is 12.5 Å². The number of piperazine rings is 1. The van der Waals surface area contributed by atoms with Gasteiger partial charge in [-0.25, -0.2) is 4.99 Å². The van der Waals surface area contributed by atoms with Crippen LogP contribution in [0.1, 0.15) is 12.5 Å². The Morgan fingerprint density at radius 1 is 1.15 bits per heavy atom. The predicted octanol–water partition coefficient (Wildman–Crippen LogP) is 1.15. The number of nitrogens with zero attached hydrogens (tertiary/aromatic N) is 3. The number of hydrogen-bond donors (Lipinski definition) is 2. The summed E-state index contributed by atoms with van der Waals surface area (Å²) in [5.74, 6) is 0.730. The van der Waals surface area contributed by atoms with Crippen LogP contribution in [0.5, 0.6) is 0 Å². The zero-order valence-corrected chi connectivity index (χ0v) is 18.6. The summed E-state index contributed by atoms with van der Waals surface area (Å²) in [6.07, 6.45) is 0. The summed E-state index contributed by atoms with van der Waals surface area (Å²) >= 11 is 0. The average Bonchev–Trinajstić information content (AvgIpc) is 2.67. The molecule has 0 atom stereocenters. The van der Waals surface area contributed by atoms with E-state index >= 15 is 0 Å². The minimum atomic E-state index is -0.0832. The lowest BCUT2D eigenvalue weighted by atomic mass is 10.2. The van der Waals surface area contributed by atoms with Crippen LogP contribution in [0.2, 0.25) is 0 Å². The van der Waals surface area contributed by atoms with Gasteiger partial charge in [0.1, 0.15) is 6.54 Å². The fourth-order valence-electron chi connectivity index (χ4n) is 2.88. The third kappa shape index (κ3) is 8.89. The number of guanidine groups is 1. The van der Waals surface area contributed by atoms with Crippen molar-refractivity contribution >= 4 is 35.8 Å². The Hall–Kier alpha value is -1.39. The van der Waals surface area contributed by atoms with Gasteiger partial charge in [0.2, 0.25) is 5.91 Å². The lowest BCUT2D eigenvalue weighted by Gasteiger charge is -2.36. The van der Waals surface area contributed by atoms with E-state index in [0.29, 0.717) is 13.2 Å². The number of benzene rings is 1. The Morgan fingerprint density at radius 3 is 2.48 bits per heavy atom. The molecule has 27 heavy (non-hydrogen) atoms. The van der Waals surface area contributed by atoms with Gasteiger partial charge in [-0.2, -0.15) is 0 Å². The number of nitrogens with one attached hydrogen (secondary N) is 2. The molecule has 1 heterocycles. The van der Waals surface area contributed by atoms with Gasteiger partial charge in [0.25, 0.3) is 0 Å². The molecule has 1 saturated heterocycles. The molecule has 7 nitrogen and oxygen atoms in total. The van der Waals surface area contributed by atoms with Gasteiger partial charge in [-0.15, -0.1) is 24.0 Å². The van der Waals surface area contributed by atoms with E-state index in [9.17, 15) is 4.79 Å². The fraction of sp³-hybridized carbons (Fsp3) is 0.579. The number of ether oxygens (including phenoxy) is 1. The molecule has 1 aromatic rings. The molecule has 0 bridgehead atoms. The third-order valence-electron chi connectivity index (χ3n) is 4.26. The molecular formula is C19H32IN5O2. The summed E-state index contributed by atoms with van der Waals surface area (Å²) in [5.41, 5.74) is 1.34. The highest BCUT2D eigenvalue weighted by atomic mass is 127. The third-order valence-corrected chi connectivity index (χ3v) is 4.26. The molecule has 0 saturated carbocycles. The lowest BCUT2D eigenvalue weighted by molar-refractivity contribution is -0.119. The van der Waals surface area contributed by atoms with E-state index in [0.717, 1.165) is 45.2 Å². The second kappa shape index (κ2) is 13.7. The van der Waals surface area contributed by atoms with Crippen LogP contribution in [0.3, 0.4) is 0 Å². The summed E-state index contributed by atoms with van der Waals surface area (Å²) in [5, 5.41) is 6.08. The maximum atomic E-state index is 11.8. The van der Waals surface area contributed by atoms with E-state index in [-0.39, 0.29) is 36.4 Å². The summed E-state index contributed by atoms with van der Waals surface area (Å²) in [7, 11) is 1.62. The molecule has 2 rings (SSSR count). The quantitative estimate of drug-likeness (QED) is 0.248. The first-order valence-electron chi connectivity index (χ1n) is 9.28. The maximum absolute atomic E-state index is 11.8. The van der Waals surface area contributed by atoms with Gasteiger partial charge >= 0.3 is 0 Å². The number of aliphatic imine (C=N–C) groups is 1. The SMILES string of the molecule is CCNC(=NCC(=O)NCCOC)N1CCN(Cc2ccccc2)CC1.I. The van der Waals surface area contributed by atoms with Gasteiger partial charge in [0, 0.05) is 52.9 Å². The highest BCUT2D eigenvalue weighted by molar-refractivity contribution is 14.0. The number of hydrogen-bond acceptors (Lipinski definition) is 4. The van der Waals surface area contributed by atoms with Crippen LogP contribution in [-0.4, -0.2) is 81.2 Å². The van der Waals surface area contributed by atoms with Crippen LogP contribution in [0, 0.1) is 0 Å². The van der Waals surface area contributed by atoms with Crippen molar-refractivity contribution in [3.05, 3.63) is 35.9 Å². The maximum Gasteiger partial charge on any atom is 0.241 e. The van der Waals surface area contributed by atoms with Crippen LogP contribution >= 0.6 is 24.0 Å². The van der Waals surface area contributed by atoms with Crippen LogP contribution in [0.15, 0.2) is 35.3 Å². The molecule has 8 heteroatoms. The Balaban J connectivity index is 0.00000364. The van der Waals surface area contributed by atoms with E-state index in [1.165, 1.54) is 5.56 Å². The molecule has 0 aliphatic carbocycles. The fourth-order valence-corrected chi connectivity index (χ4v) is 2.88. The summed E-state index contributed by atoms with van der Waals surface area (Å²) < 4.78 is 4.93. The number of amides is 1. The van der Waals surface area contributed by atoms with Crippen molar-refractivity contribution in [3.63, 3.8) is 0 Å². The first kappa shape index (κ1) is 23.6. The highest BCUT2D eigenvalue weighted by Crippen LogP contribution is 2.08. The Labute approximate surface area is 179 Å². The molecule has 2 N–H and O–H groups in total. The van der Waals surface area contributed by atoms with Crippen molar-refractivity contribution in [2.75, 3.05) is 59.5 Å². The number of methoxy groups -OCH3 is 1. The summed E-state index contributed by atoms with van der Waals surface area (Å²) in [6, 6.07) is 10.5. The Morgan fingerprint density at radius 2 is 1.85 bits per heavy atom. The molecule has 1 amide bonds. The molecule has 1 aliphatic rings. The molecule has 0 radical (unpaired) electrons. The molecule has 1 aromatic carbocycles. The van der Waals surface area contributed by atoms with Gasteiger partial charge in [-0.3, -0.25) is 9.69 Å². The molecule has 0 aromatic heterocycles. The molecular weight excluding hydrogens is 457 g/mol. The largest absolute Gasteiger partial charge is 0.383 e. The normalized spacial score (nSPS) is 15.2. The molecule has 1 aliphatic heterocycles. The van der Waals surface area contributed by atoms with Gasteiger partial charge in [0.15, 0.2) is 5.96 Å². The second-order valence-electron chi connectivity index (χ2n) is 6.26. The summed E-state index contributed by atoms with van der Waals surface area (Å²) in [4.78, 5) is 21.0. The van der Waals surface area contributed by atoms with Crippen molar-refractivity contribution in [1.82, 2.24) is 20.4 Å². The topological polar surface area (TPSA) is 69.2 Å². The Kier molecular flexibility index (Phi) is 12.0. The molecule has 0 spiro atoms. The minimum Gasteiger partial charge on any atom is -0.383 e. The van der Waals surface area contributed by atoms with E-state index in [1.807, 2.05) is 13.0 Å². The molecule has 1 fully saturated rings.